The lowest BCUT2D eigenvalue weighted by atomic mass is 9.81. The Hall–Kier alpha value is -3.29. The minimum atomic E-state index is -0.497. The minimum absolute atomic E-state index is 0.0570. The standard InChI is InChI=1S/C22H22FN5O2/c1-13-10-14(2)26-22(25-13)27-9-7-15-11-28(18(15)12-27)21(29)16-4-3-5-17(23)20(16)19-6-8-24-30-19/h3-6,8,10,15,18H,7,9,11-12H2,1-2H3. The van der Waals surface area contributed by atoms with Crippen molar-refractivity contribution in [2.45, 2.75) is 26.3 Å². The second-order valence-electron chi connectivity index (χ2n) is 8.01. The van der Waals surface area contributed by atoms with Crippen LogP contribution in [0.4, 0.5) is 10.3 Å². The number of piperidine rings is 1. The third kappa shape index (κ3) is 3.12. The van der Waals surface area contributed by atoms with Crippen molar-refractivity contribution in [3.63, 3.8) is 0 Å². The van der Waals surface area contributed by atoms with E-state index in [1.54, 1.807) is 18.2 Å². The number of carbonyl (C=O) groups excluding carboxylic acids is 1. The Balaban J connectivity index is 1.41. The van der Waals surface area contributed by atoms with Gasteiger partial charge in [0.05, 0.1) is 23.4 Å². The second kappa shape index (κ2) is 7.19. The molecule has 2 aromatic heterocycles. The monoisotopic (exact) mass is 407 g/mol. The molecule has 5 rings (SSSR count). The lowest BCUT2D eigenvalue weighted by Gasteiger charge is -2.53. The number of carbonyl (C=O) groups is 1. The Morgan fingerprint density at radius 3 is 2.70 bits per heavy atom. The molecule has 1 aromatic carbocycles. The normalized spacial score (nSPS) is 20.6. The van der Waals surface area contributed by atoms with Crippen LogP contribution in [-0.4, -0.2) is 51.6 Å². The highest BCUT2D eigenvalue weighted by Crippen LogP contribution is 2.36. The van der Waals surface area contributed by atoms with Crippen molar-refractivity contribution in [3.05, 3.63) is 59.3 Å². The molecule has 2 aliphatic heterocycles. The van der Waals surface area contributed by atoms with Crippen molar-refractivity contribution in [1.82, 2.24) is 20.0 Å². The van der Waals surface area contributed by atoms with E-state index in [2.05, 4.69) is 20.0 Å². The molecule has 1 amide bonds. The molecule has 2 fully saturated rings. The molecule has 2 atom stereocenters. The first-order chi connectivity index (χ1) is 14.5. The van der Waals surface area contributed by atoms with Crippen molar-refractivity contribution in [3.8, 4) is 11.3 Å². The van der Waals surface area contributed by atoms with Gasteiger partial charge in [-0.25, -0.2) is 14.4 Å². The van der Waals surface area contributed by atoms with Gasteiger partial charge in [0.15, 0.2) is 5.76 Å². The zero-order valence-electron chi connectivity index (χ0n) is 16.9. The van der Waals surface area contributed by atoms with Gasteiger partial charge in [0, 0.05) is 43.0 Å². The van der Waals surface area contributed by atoms with Gasteiger partial charge in [-0.2, -0.15) is 0 Å². The number of halogens is 1. The number of nitrogens with zero attached hydrogens (tertiary/aromatic N) is 5. The Kier molecular flexibility index (Phi) is 4.49. The number of anilines is 1. The van der Waals surface area contributed by atoms with Gasteiger partial charge in [-0.3, -0.25) is 4.79 Å². The van der Waals surface area contributed by atoms with Crippen LogP contribution in [0.2, 0.25) is 0 Å². The van der Waals surface area contributed by atoms with Gasteiger partial charge < -0.3 is 14.3 Å². The summed E-state index contributed by atoms with van der Waals surface area (Å²) in [5.74, 6) is 0.716. The molecule has 154 valence electrons. The average Bonchev–Trinajstić information content (AvgIpc) is 3.22. The van der Waals surface area contributed by atoms with Crippen molar-refractivity contribution in [1.29, 1.82) is 0 Å². The summed E-state index contributed by atoms with van der Waals surface area (Å²) in [7, 11) is 0. The molecular formula is C22H22FN5O2. The van der Waals surface area contributed by atoms with Gasteiger partial charge in [0.25, 0.3) is 5.91 Å². The predicted octanol–water partition coefficient (Wildman–Crippen LogP) is 3.24. The van der Waals surface area contributed by atoms with Crippen LogP contribution in [0.3, 0.4) is 0 Å². The molecule has 0 saturated carbocycles. The van der Waals surface area contributed by atoms with Crippen molar-refractivity contribution < 1.29 is 13.7 Å². The van der Waals surface area contributed by atoms with Gasteiger partial charge >= 0.3 is 0 Å². The van der Waals surface area contributed by atoms with Gasteiger partial charge in [-0.1, -0.05) is 11.2 Å². The number of likely N-dealkylation sites (tertiary alicyclic amines) is 1. The van der Waals surface area contributed by atoms with Crippen LogP contribution < -0.4 is 4.90 Å². The van der Waals surface area contributed by atoms with Crippen LogP contribution in [0.15, 0.2) is 41.1 Å². The van der Waals surface area contributed by atoms with Gasteiger partial charge in [-0.05, 0) is 38.5 Å². The van der Waals surface area contributed by atoms with E-state index >= 15 is 0 Å². The SMILES string of the molecule is Cc1cc(C)nc(N2CCC3CN(C(=O)c4cccc(F)c4-c4ccno4)C3C2)n1. The Labute approximate surface area is 173 Å². The molecule has 0 radical (unpaired) electrons. The molecule has 4 heterocycles. The van der Waals surface area contributed by atoms with Crippen molar-refractivity contribution in [2.24, 2.45) is 5.92 Å². The number of amides is 1. The van der Waals surface area contributed by atoms with E-state index < -0.39 is 5.82 Å². The molecule has 2 unspecified atom stereocenters. The van der Waals surface area contributed by atoms with E-state index in [-0.39, 0.29) is 23.3 Å². The van der Waals surface area contributed by atoms with E-state index in [1.165, 1.54) is 12.3 Å². The topological polar surface area (TPSA) is 75.4 Å². The summed E-state index contributed by atoms with van der Waals surface area (Å²) >= 11 is 0. The summed E-state index contributed by atoms with van der Waals surface area (Å²) in [4.78, 5) is 26.5. The average molecular weight is 407 g/mol. The van der Waals surface area contributed by atoms with Gasteiger partial charge in [-0.15, -0.1) is 0 Å². The Bertz CT molecular complexity index is 1080. The molecule has 2 saturated heterocycles. The van der Waals surface area contributed by atoms with Crippen LogP contribution in [0.5, 0.6) is 0 Å². The molecule has 0 aliphatic carbocycles. The molecule has 0 N–H and O–H groups in total. The molecular weight excluding hydrogens is 385 g/mol. The first-order valence-corrected chi connectivity index (χ1v) is 10.1. The zero-order chi connectivity index (χ0) is 20.8. The summed E-state index contributed by atoms with van der Waals surface area (Å²) in [6.07, 6.45) is 2.42. The van der Waals surface area contributed by atoms with Crippen LogP contribution in [0.25, 0.3) is 11.3 Å². The lowest BCUT2D eigenvalue weighted by Crippen LogP contribution is -2.66. The second-order valence-corrected chi connectivity index (χ2v) is 8.01. The molecule has 30 heavy (non-hydrogen) atoms. The summed E-state index contributed by atoms with van der Waals surface area (Å²) in [6.45, 7) is 6.14. The van der Waals surface area contributed by atoms with Crippen molar-refractivity contribution >= 4 is 11.9 Å². The Morgan fingerprint density at radius 2 is 1.97 bits per heavy atom. The molecule has 7 nitrogen and oxygen atoms in total. The van der Waals surface area contributed by atoms with E-state index in [1.807, 2.05) is 24.8 Å². The maximum atomic E-state index is 14.6. The fraction of sp³-hybridized carbons (Fsp3) is 0.364. The van der Waals surface area contributed by atoms with Crippen LogP contribution >= 0.6 is 0 Å². The number of aryl methyl sites for hydroxylation is 2. The highest BCUT2D eigenvalue weighted by molar-refractivity contribution is 6.01. The number of aromatic nitrogens is 3. The smallest absolute Gasteiger partial charge is 0.255 e. The lowest BCUT2D eigenvalue weighted by molar-refractivity contribution is 0.00769. The van der Waals surface area contributed by atoms with E-state index in [4.69, 9.17) is 4.52 Å². The highest BCUT2D eigenvalue weighted by Gasteiger charge is 2.46. The van der Waals surface area contributed by atoms with Crippen LogP contribution in [-0.2, 0) is 0 Å². The first kappa shape index (κ1) is 18.7. The highest BCUT2D eigenvalue weighted by atomic mass is 19.1. The largest absolute Gasteiger partial charge is 0.356 e. The minimum Gasteiger partial charge on any atom is -0.356 e. The fourth-order valence-electron chi connectivity index (χ4n) is 4.51. The maximum absolute atomic E-state index is 14.6. The molecule has 3 aromatic rings. The number of hydrogen-bond acceptors (Lipinski definition) is 6. The van der Waals surface area contributed by atoms with E-state index in [9.17, 15) is 9.18 Å². The van der Waals surface area contributed by atoms with Gasteiger partial charge in [0.2, 0.25) is 5.95 Å². The van der Waals surface area contributed by atoms with E-state index in [0.29, 0.717) is 30.5 Å². The Morgan fingerprint density at radius 1 is 1.17 bits per heavy atom. The fourth-order valence-corrected chi connectivity index (χ4v) is 4.51. The zero-order valence-corrected chi connectivity index (χ0v) is 16.9. The molecule has 0 spiro atoms. The van der Waals surface area contributed by atoms with Gasteiger partial charge in [0.1, 0.15) is 5.82 Å². The maximum Gasteiger partial charge on any atom is 0.255 e. The third-order valence-corrected chi connectivity index (χ3v) is 6.00. The number of rotatable bonds is 3. The molecule has 0 bridgehead atoms. The summed E-state index contributed by atoms with van der Waals surface area (Å²) in [6, 6.07) is 8.09. The van der Waals surface area contributed by atoms with Crippen LogP contribution in [0.1, 0.15) is 28.2 Å². The predicted molar refractivity (Wildman–Crippen MR) is 109 cm³/mol. The van der Waals surface area contributed by atoms with Crippen LogP contribution in [0, 0.1) is 25.6 Å². The quantitative estimate of drug-likeness (QED) is 0.664. The summed E-state index contributed by atoms with van der Waals surface area (Å²) in [5.41, 5.74) is 2.31. The van der Waals surface area contributed by atoms with Crippen molar-refractivity contribution in [2.75, 3.05) is 24.5 Å². The molecule has 2 aliphatic rings. The first-order valence-electron chi connectivity index (χ1n) is 10.1. The van der Waals surface area contributed by atoms with E-state index in [0.717, 1.165) is 24.4 Å². The summed E-state index contributed by atoms with van der Waals surface area (Å²) < 4.78 is 19.7. The number of fused-ring (bicyclic) bond motifs is 1. The molecule has 8 heteroatoms. The number of hydrogen-bond donors (Lipinski definition) is 0. The number of benzene rings is 1. The third-order valence-electron chi connectivity index (χ3n) is 6.00. The summed E-state index contributed by atoms with van der Waals surface area (Å²) in [5, 5.41) is 3.66.